The maximum absolute atomic E-state index is 12.2. The van der Waals surface area contributed by atoms with Gasteiger partial charge in [-0.25, -0.2) is 13.1 Å². The van der Waals surface area contributed by atoms with Crippen LogP contribution < -0.4 is 4.72 Å². The minimum atomic E-state index is -3.44. The Morgan fingerprint density at radius 2 is 1.87 bits per heavy atom. The highest BCUT2D eigenvalue weighted by Crippen LogP contribution is 2.13. The first-order valence-electron chi connectivity index (χ1n) is 8.02. The summed E-state index contributed by atoms with van der Waals surface area (Å²) >= 11 is 0. The number of hydrogen-bond acceptors (Lipinski definition) is 4. The highest BCUT2D eigenvalue weighted by molar-refractivity contribution is 7.92. The van der Waals surface area contributed by atoms with Crippen LogP contribution in [0.3, 0.4) is 0 Å². The second-order valence-corrected chi connectivity index (χ2v) is 7.72. The normalized spacial score (nSPS) is 18.6. The zero-order chi connectivity index (χ0) is 16.7. The molecule has 1 aliphatic rings. The highest BCUT2D eigenvalue weighted by Gasteiger charge is 2.24. The van der Waals surface area contributed by atoms with Gasteiger partial charge in [0, 0.05) is 31.1 Å². The van der Waals surface area contributed by atoms with Gasteiger partial charge in [0.25, 0.3) is 0 Å². The van der Waals surface area contributed by atoms with Gasteiger partial charge in [0.05, 0.1) is 13.2 Å². The van der Waals surface area contributed by atoms with Gasteiger partial charge in [0.1, 0.15) is 0 Å². The van der Waals surface area contributed by atoms with E-state index in [1.54, 1.807) is 6.08 Å². The van der Waals surface area contributed by atoms with Gasteiger partial charge in [-0.1, -0.05) is 44.2 Å². The Hall–Kier alpha value is -1.21. The number of ether oxygens (including phenoxy) is 1. The number of morpholine rings is 1. The third-order valence-electron chi connectivity index (χ3n) is 4.02. The van der Waals surface area contributed by atoms with Crippen molar-refractivity contribution in [3.8, 4) is 0 Å². The van der Waals surface area contributed by atoms with Crippen molar-refractivity contribution >= 4 is 16.1 Å². The number of hydrogen-bond donors (Lipinski definition) is 1. The quantitative estimate of drug-likeness (QED) is 0.825. The number of sulfonamides is 1. The van der Waals surface area contributed by atoms with Gasteiger partial charge >= 0.3 is 0 Å². The SMILES string of the molecule is CC(C)[C@@H](CNS(=O)(=O)/C=C\c1ccccc1)N1CCOCC1. The van der Waals surface area contributed by atoms with Crippen molar-refractivity contribution in [3.05, 3.63) is 41.3 Å². The van der Waals surface area contributed by atoms with Crippen molar-refractivity contribution in [1.29, 1.82) is 0 Å². The smallest absolute Gasteiger partial charge is 0.233 e. The second-order valence-electron chi connectivity index (χ2n) is 6.07. The molecule has 1 fully saturated rings. The standard InChI is InChI=1S/C17H26N2O3S/c1-15(2)17(19-9-11-22-12-10-19)14-18-23(20,21)13-8-16-6-4-3-5-7-16/h3-8,13,15,17-18H,9-12,14H2,1-2H3/b13-8-/t17-/m1/s1. The number of nitrogens with zero attached hydrogens (tertiary/aromatic N) is 1. The van der Waals surface area contributed by atoms with Crippen LogP contribution in [0.4, 0.5) is 0 Å². The Balaban J connectivity index is 1.94. The number of benzene rings is 1. The summed E-state index contributed by atoms with van der Waals surface area (Å²) in [5.74, 6) is 0.369. The van der Waals surface area contributed by atoms with Gasteiger partial charge in [-0.3, -0.25) is 4.90 Å². The molecular formula is C17H26N2O3S. The molecule has 1 atom stereocenters. The third kappa shape index (κ3) is 6.06. The molecular weight excluding hydrogens is 312 g/mol. The molecule has 1 aliphatic heterocycles. The lowest BCUT2D eigenvalue weighted by Gasteiger charge is -2.36. The van der Waals surface area contributed by atoms with Gasteiger partial charge in [-0.2, -0.15) is 0 Å². The van der Waals surface area contributed by atoms with Gasteiger partial charge in [-0.15, -0.1) is 0 Å². The highest BCUT2D eigenvalue weighted by atomic mass is 32.2. The van der Waals surface area contributed by atoms with Gasteiger partial charge in [0.15, 0.2) is 0 Å². The average molecular weight is 338 g/mol. The fraction of sp³-hybridized carbons (Fsp3) is 0.529. The largest absolute Gasteiger partial charge is 0.379 e. The second kappa shape index (κ2) is 8.59. The first-order chi connectivity index (χ1) is 11.0. The Bertz CT molecular complexity index is 594. The molecule has 128 valence electrons. The van der Waals surface area contributed by atoms with E-state index in [4.69, 9.17) is 4.74 Å². The topological polar surface area (TPSA) is 58.6 Å². The summed E-state index contributed by atoms with van der Waals surface area (Å²) in [5, 5.41) is 1.24. The Morgan fingerprint density at radius 3 is 2.48 bits per heavy atom. The molecule has 0 bridgehead atoms. The Morgan fingerprint density at radius 1 is 1.22 bits per heavy atom. The molecule has 0 amide bonds. The fourth-order valence-electron chi connectivity index (χ4n) is 2.68. The minimum absolute atomic E-state index is 0.179. The van der Waals surface area contributed by atoms with Gasteiger partial charge in [0.2, 0.25) is 10.0 Å². The molecule has 5 nitrogen and oxygen atoms in total. The lowest BCUT2D eigenvalue weighted by Crippen LogP contribution is -2.50. The van der Waals surface area contributed by atoms with E-state index in [0.717, 1.165) is 18.7 Å². The first kappa shape index (κ1) is 18.1. The molecule has 2 rings (SSSR count). The van der Waals surface area contributed by atoms with E-state index in [1.165, 1.54) is 5.41 Å². The summed E-state index contributed by atoms with van der Waals surface area (Å²) in [6.45, 7) is 7.78. The number of rotatable bonds is 7. The molecule has 23 heavy (non-hydrogen) atoms. The summed E-state index contributed by atoms with van der Waals surface area (Å²) in [6.07, 6.45) is 1.61. The van der Waals surface area contributed by atoms with Crippen LogP contribution >= 0.6 is 0 Å². The summed E-state index contributed by atoms with van der Waals surface area (Å²) in [6, 6.07) is 9.59. The molecule has 0 spiro atoms. The number of nitrogens with one attached hydrogen (secondary N) is 1. The zero-order valence-electron chi connectivity index (χ0n) is 13.8. The molecule has 1 N–H and O–H groups in total. The fourth-order valence-corrected chi connectivity index (χ4v) is 3.51. The Labute approximate surface area is 139 Å². The van der Waals surface area contributed by atoms with E-state index in [9.17, 15) is 8.42 Å². The average Bonchev–Trinajstić information content (AvgIpc) is 2.55. The van der Waals surface area contributed by atoms with Crippen LogP contribution in [0.2, 0.25) is 0 Å². The Kier molecular flexibility index (Phi) is 6.77. The summed E-state index contributed by atoms with van der Waals surface area (Å²) < 4.78 is 32.4. The van der Waals surface area contributed by atoms with Crippen molar-refractivity contribution < 1.29 is 13.2 Å². The van der Waals surface area contributed by atoms with E-state index < -0.39 is 10.0 Å². The van der Waals surface area contributed by atoms with Gasteiger partial charge < -0.3 is 4.74 Å². The summed E-state index contributed by atoms with van der Waals surface area (Å²) in [4.78, 5) is 2.30. The maximum Gasteiger partial charge on any atom is 0.233 e. The lowest BCUT2D eigenvalue weighted by atomic mass is 10.0. The minimum Gasteiger partial charge on any atom is -0.379 e. The third-order valence-corrected chi connectivity index (χ3v) is 5.08. The van der Waals surface area contributed by atoms with Crippen molar-refractivity contribution in [3.63, 3.8) is 0 Å². The molecule has 1 aromatic carbocycles. The molecule has 0 aromatic heterocycles. The van der Waals surface area contributed by atoms with E-state index in [2.05, 4.69) is 23.5 Å². The monoisotopic (exact) mass is 338 g/mol. The maximum atomic E-state index is 12.2. The predicted octanol–water partition coefficient (Wildman–Crippen LogP) is 1.93. The predicted molar refractivity (Wildman–Crippen MR) is 93.4 cm³/mol. The molecule has 1 saturated heterocycles. The first-order valence-corrected chi connectivity index (χ1v) is 9.57. The molecule has 1 heterocycles. The van der Waals surface area contributed by atoms with E-state index >= 15 is 0 Å². The van der Waals surface area contributed by atoms with Gasteiger partial charge in [-0.05, 0) is 17.6 Å². The van der Waals surface area contributed by atoms with Crippen LogP contribution in [0, 0.1) is 5.92 Å². The summed E-state index contributed by atoms with van der Waals surface area (Å²) in [7, 11) is -3.44. The van der Waals surface area contributed by atoms with E-state index in [1.807, 2.05) is 30.3 Å². The van der Waals surface area contributed by atoms with Crippen LogP contribution in [-0.2, 0) is 14.8 Å². The molecule has 0 unspecified atom stereocenters. The van der Waals surface area contributed by atoms with Crippen molar-refractivity contribution in [2.45, 2.75) is 19.9 Å². The molecule has 1 aromatic rings. The van der Waals surface area contributed by atoms with Crippen LogP contribution in [0.15, 0.2) is 35.7 Å². The zero-order valence-corrected chi connectivity index (χ0v) is 14.6. The molecule has 0 saturated carbocycles. The van der Waals surface area contributed by atoms with Crippen LogP contribution in [-0.4, -0.2) is 52.2 Å². The van der Waals surface area contributed by atoms with Crippen LogP contribution in [0.1, 0.15) is 19.4 Å². The van der Waals surface area contributed by atoms with Crippen molar-refractivity contribution in [1.82, 2.24) is 9.62 Å². The molecule has 0 aliphatic carbocycles. The van der Waals surface area contributed by atoms with E-state index in [0.29, 0.717) is 25.7 Å². The molecule has 0 radical (unpaired) electrons. The van der Waals surface area contributed by atoms with Crippen LogP contribution in [0.25, 0.3) is 6.08 Å². The van der Waals surface area contributed by atoms with Crippen LogP contribution in [0.5, 0.6) is 0 Å². The lowest BCUT2D eigenvalue weighted by molar-refractivity contribution is 0.00778. The summed E-state index contributed by atoms with van der Waals surface area (Å²) in [5.41, 5.74) is 0.867. The molecule has 6 heteroatoms. The van der Waals surface area contributed by atoms with Crippen molar-refractivity contribution in [2.75, 3.05) is 32.8 Å². The van der Waals surface area contributed by atoms with E-state index in [-0.39, 0.29) is 6.04 Å². The van der Waals surface area contributed by atoms with Crippen molar-refractivity contribution in [2.24, 2.45) is 5.92 Å².